The van der Waals surface area contributed by atoms with Crippen molar-refractivity contribution >= 4 is 10.0 Å². The number of nitrogens with zero attached hydrogens (tertiary/aromatic N) is 2. The van der Waals surface area contributed by atoms with Gasteiger partial charge in [0.15, 0.2) is 0 Å². The van der Waals surface area contributed by atoms with E-state index in [4.69, 9.17) is 4.74 Å². The first-order valence-corrected chi connectivity index (χ1v) is 12.4. The van der Waals surface area contributed by atoms with E-state index in [0.29, 0.717) is 19.2 Å². The zero-order chi connectivity index (χ0) is 19.6. The van der Waals surface area contributed by atoms with E-state index in [0.717, 1.165) is 43.9 Å². The highest BCUT2D eigenvalue weighted by Crippen LogP contribution is 2.43. The van der Waals surface area contributed by atoms with Gasteiger partial charge < -0.3 is 9.64 Å². The Morgan fingerprint density at radius 3 is 2.61 bits per heavy atom. The van der Waals surface area contributed by atoms with E-state index in [-0.39, 0.29) is 11.2 Å². The van der Waals surface area contributed by atoms with Gasteiger partial charge in [0.2, 0.25) is 10.0 Å². The Morgan fingerprint density at radius 1 is 1.14 bits per heavy atom. The predicted octanol–water partition coefficient (Wildman–Crippen LogP) is 3.12. The van der Waals surface area contributed by atoms with Crippen molar-refractivity contribution in [3.8, 4) is 0 Å². The van der Waals surface area contributed by atoms with Crippen LogP contribution < -0.4 is 0 Å². The maximum absolute atomic E-state index is 12.8. The molecule has 4 rings (SSSR count). The third-order valence-electron chi connectivity index (χ3n) is 6.86. The number of piperidine rings is 2. The first kappa shape index (κ1) is 20.3. The van der Waals surface area contributed by atoms with Crippen molar-refractivity contribution in [2.45, 2.75) is 50.9 Å². The Hall–Kier alpha value is -0.950. The lowest BCUT2D eigenvalue weighted by Gasteiger charge is -2.38. The summed E-state index contributed by atoms with van der Waals surface area (Å²) in [6, 6.07) is 9.49. The molecule has 3 aliphatic rings. The zero-order valence-corrected chi connectivity index (χ0v) is 17.9. The second-order valence-corrected chi connectivity index (χ2v) is 11.3. The molecule has 0 aliphatic carbocycles. The predicted molar refractivity (Wildman–Crippen MR) is 112 cm³/mol. The van der Waals surface area contributed by atoms with E-state index >= 15 is 0 Å². The summed E-state index contributed by atoms with van der Waals surface area (Å²) >= 11 is 0. The molecule has 3 heterocycles. The quantitative estimate of drug-likeness (QED) is 0.754. The SMILES string of the molecule is C[C@@H]1CCCN(C[C@@H]2CC3(CCN(S(=O)(=O)Cc4ccccc4)CC3)CO2)C1. The van der Waals surface area contributed by atoms with Crippen LogP contribution in [0.1, 0.15) is 44.6 Å². The number of likely N-dealkylation sites (tertiary alicyclic amines) is 1. The van der Waals surface area contributed by atoms with Gasteiger partial charge in [-0.3, -0.25) is 0 Å². The van der Waals surface area contributed by atoms with Crippen LogP contribution >= 0.6 is 0 Å². The topological polar surface area (TPSA) is 49.9 Å². The second kappa shape index (κ2) is 8.42. The third-order valence-corrected chi connectivity index (χ3v) is 8.71. The molecule has 6 heteroatoms. The maximum Gasteiger partial charge on any atom is 0.218 e. The molecule has 1 aromatic carbocycles. The van der Waals surface area contributed by atoms with Gasteiger partial charge in [-0.15, -0.1) is 0 Å². The summed E-state index contributed by atoms with van der Waals surface area (Å²) in [6.45, 7) is 7.84. The fourth-order valence-electron chi connectivity index (χ4n) is 5.22. The molecule has 0 bridgehead atoms. The molecule has 1 spiro atoms. The van der Waals surface area contributed by atoms with Crippen molar-refractivity contribution in [2.75, 3.05) is 39.3 Å². The zero-order valence-electron chi connectivity index (χ0n) is 17.1. The van der Waals surface area contributed by atoms with Crippen LogP contribution in [0.3, 0.4) is 0 Å². The van der Waals surface area contributed by atoms with Crippen molar-refractivity contribution in [3.05, 3.63) is 35.9 Å². The molecule has 3 saturated heterocycles. The number of rotatable bonds is 5. The van der Waals surface area contributed by atoms with Gasteiger partial charge in [-0.2, -0.15) is 0 Å². The maximum atomic E-state index is 12.8. The van der Waals surface area contributed by atoms with E-state index in [1.165, 1.54) is 25.9 Å². The molecular formula is C22H34N2O3S. The summed E-state index contributed by atoms with van der Waals surface area (Å²) in [7, 11) is -3.24. The lowest BCUT2D eigenvalue weighted by molar-refractivity contribution is 0.0482. The summed E-state index contributed by atoms with van der Waals surface area (Å²) < 4.78 is 33.5. The van der Waals surface area contributed by atoms with Gasteiger partial charge in [0.1, 0.15) is 0 Å². The number of hydrogen-bond donors (Lipinski definition) is 0. The molecule has 0 N–H and O–H groups in total. The van der Waals surface area contributed by atoms with Crippen molar-refractivity contribution < 1.29 is 13.2 Å². The summed E-state index contributed by atoms with van der Waals surface area (Å²) in [4.78, 5) is 2.57. The molecule has 156 valence electrons. The number of benzene rings is 1. The molecule has 3 fully saturated rings. The monoisotopic (exact) mass is 406 g/mol. The van der Waals surface area contributed by atoms with Crippen molar-refractivity contribution in [1.29, 1.82) is 0 Å². The van der Waals surface area contributed by atoms with Crippen LogP contribution in [0.25, 0.3) is 0 Å². The van der Waals surface area contributed by atoms with Crippen LogP contribution in [-0.2, 0) is 20.5 Å². The smallest absolute Gasteiger partial charge is 0.218 e. The van der Waals surface area contributed by atoms with Gasteiger partial charge in [-0.25, -0.2) is 12.7 Å². The molecule has 0 amide bonds. The Morgan fingerprint density at radius 2 is 1.89 bits per heavy atom. The van der Waals surface area contributed by atoms with E-state index in [2.05, 4.69) is 11.8 Å². The van der Waals surface area contributed by atoms with Gasteiger partial charge in [-0.05, 0) is 55.5 Å². The molecular weight excluding hydrogens is 372 g/mol. The largest absolute Gasteiger partial charge is 0.376 e. The Bertz CT molecular complexity index is 744. The van der Waals surface area contributed by atoms with Gasteiger partial charge in [0.25, 0.3) is 0 Å². The minimum Gasteiger partial charge on any atom is -0.376 e. The summed E-state index contributed by atoms with van der Waals surface area (Å²) in [5.41, 5.74) is 1.05. The molecule has 2 atom stereocenters. The molecule has 0 saturated carbocycles. The highest BCUT2D eigenvalue weighted by molar-refractivity contribution is 7.88. The normalized spacial score (nSPS) is 29.3. The lowest BCUT2D eigenvalue weighted by atomic mass is 9.77. The van der Waals surface area contributed by atoms with Crippen LogP contribution in [0.4, 0.5) is 0 Å². The first-order valence-electron chi connectivity index (χ1n) is 10.8. The van der Waals surface area contributed by atoms with Crippen LogP contribution in [0.2, 0.25) is 0 Å². The van der Waals surface area contributed by atoms with E-state index in [1.54, 1.807) is 4.31 Å². The van der Waals surface area contributed by atoms with Crippen LogP contribution in [-0.4, -0.2) is 63.1 Å². The van der Waals surface area contributed by atoms with Gasteiger partial charge in [0.05, 0.1) is 18.5 Å². The van der Waals surface area contributed by atoms with E-state index in [9.17, 15) is 8.42 Å². The van der Waals surface area contributed by atoms with Crippen molar-refractivity contribution in [1.82, 2.24) is 9.21 Å². The standard InChI is InChI=1S/C22H34N2O3S/c1-19-6-5-11-23(15-19)16-21-14-22(18-27-21)9-12-24(13-10-22)28(25,26)17-20-7-3-2-4-8-20/h2-4,7-8,19,21H,5-6,9-18H2,1H3/t19-,21+/m1/s1. The van der Waals surface area contributed by atoms with Crippen molar-refractivity contribution in [3.63, 3.8) is 0 Å². The van der Waals surface area contributed by atoms with E-state index < -0.39 is 10.0 Å². The highest BCUT2D eigenvalue weighted by Gasteiger charge is 2.44. The first-order chi connectivity index (χ1) is 13.4. The Kier molecular flexibility index (Phi) is 6.12. The second-order valence-electron chi connectivity index (χ2n) is 9.28. The molecule has 3 aliphatic heterocycles. The number of sulfonamides is 1. The molecule has 0 unspecified atom stereocenters. The van der Waals surface area contributed by atoms with Crippen LogP contribution in [0, 0.1) is 11.3 Å². The fraction of sp³-hybridized carbons (Fsp3) is 0.727. The molecule has 28 heavy (non-hydrogen) atoms. The number of ether oxygens (including phenoxy) is 1. The summed E-state index contributed by atoms with van der Waals surface area (Å²) in [5.74, 6) is 0.898. The van der Waals surface area contributed by atoms with Crippen LogP contribution in [0.5, 0.6) is 0 Å². The third kappa shape index (κ3) is 4.78. The van der Waals surface area contributed by atoms with Crippen molar-refractivity contribution in [2.24, 2.45) is 11.3 Å². The molecule has 1 aromatic rings. The fourth-order valence-corrected chi connectivity index (χ4v) is 6.75. The average Bonchev–Trinajstić information content (AvgIpc) is 3.04. The van der Waals surface area contributed by atoms with Gasteiger partial charge in [-0.1, -0.05) is 37.3 Å². The van der Waals surface area contributed by atoms with E-state index in [1.807, 2.05) is 30.3 Å². The van der Waals surface area contributed by atoms with Gasteiger partial charge in [0, 0.05) is 26.2 Å². The molecule has 5 nitrogen and oxygen atoms in total. The van der Waals surface area contributed by atoms with Gasteiger partial charge >= 0.3 is 0 Å². The Balaban J connectivity index is 1.29. The average molecular weight is 407 g/mol. The minimum atomic E-state index is -3.24. The summed E-state index contributed by atoms with van der Waals surface area (Å²) in [6.07, 6.45) is 5.90. The van der Waals surface area contributed by atoms with Crippen LogP contribution in [0.15, 0.2) is 30.3 Å². The molecule has 0 radical (unpaired) electrons. The minimum absolute atomic E-state index is 0.104. The molecule has 0 aromatic heterocycles. The summed E-state index contributed by atoms with van der Waals surface area (Å²) in [5, 5.41) is 0. The highest BCUT2D eigenvalue weighted by atomic mass is 32.2. The number of hydrogen-bond acceptors (Lipinski definition) is 4. The Labute approximate surface area is 170 Å². The lowest BCUT2D eigenvalue weighted by Crippen LogP contribution is -2.44.